The number of nitrogens with zero attached hydrogens (tertiary/aromatic N) is 1. The second-order valence-electron chi connectivity index (χ2n) is 13.2. The number of benzene rings is 1. The van der Waals surface area contributed by atoms with Gasteiger partial charge in [-0.1, -0.05) is 6.92 Å². The number of aryl methyl sites for hydroxylation is 2. The molecule has 0 aliphatic heterocycles. The smallest absolute Gasteiger partial charge is 0.408 e. The molecule has 2 atom stereocenters. The number of hydrogen-bond donors (Lipinski definition) is 2. The molecule has 0 saturated heterocycles. The summed E-state index contributed by atoms with van der Waals surface area (Å²) in [4.78, 5) is 57.9. The van der Waals surface area contributed by atoms with Gasteiger partial charge in [0.2, 0.25) is 5.43 Å². The monoisotopic (exact) mass is 721 g/mol. The zero-order chi connectivity index (χ0) is 35.8. The quantitative estimate of drug-likeness (QED) is 0.133. The Hall–Kier alpha value is -3.23. The number of fused-ring (bicyclic) bond motifs is 1. The minimum Gasteiger partial charge on any atom is -0.458 e. The predicted octanol–water partition coefficient (Wildman–Crippen LogP) is 7.66. The minimum atomic E-state index is -0.972. The van der Waals surface area contributed by atoms with Gasteiger partial charge in [-0.3, -0.25) is 4.79 Å². The van der Waals surface area contributed by atoms with Crippen LogP contribution in [0.4, 0.5) is 9.59 Å². The maximum Gasteiger partial charge on any atom is 0.408 e. The molecule has 0 radical (unpaired) electrons. The van der Waals surface area contributed by atoms with Gasteiger partial charge in [0.25, 0.3) is 0 Å². The Balaban J connectivity index is 2.15. The third-order valence-corrected chi connectivity index (χ3v) is 8.99. The summed E-state index contributed by atoms with van der Waals surface area (Å²) in [6, 6.07) is 1.48. The zero-order valence-electron chi connectivity index (χ0n) is 29.4. The topological polar surface area (TPSA) is 146 Å². The van der Waals surface area contributed by atoms with Crippen LogP contribution in [0.3, 0.4) is 0 Å². The van der Waals surface area contributed by atoms with Crippen molar-refractivity contribution in [2.75, 3.05) is 24.0 Å². The van der Waals surface area contributed by atoms with Gasteiger partial charge in [0.05, 0.1) is 17.0 Å². The average Bonchev–Trinajstić information content (AvgIpc) is 3.40. The standard InChI is InChI=1S/C34H47N3O8S3/c1-11-20-16-21-25(17-24(20)43-30(39)23(13-15-47-10)37-32(41)45-34(6,7)8)42-28(26(27(21)38)29-35-19(2)18-48-29)22(12-14-46-9)36-31(40)44-33(3,4)5/h16-18,22-23H,11-15H2,1-10H3,(H,36,40)(H,37,41)/t22-,23-/m1/s1. The highest BCUT2D eigenvalue weighted by atomic mass is 32.2. The maximum absolute atomic E-state index is 14.3. The molecule has 3 rings (SSSR count). The van der Waals surface area contributed by atoms with Gasteiger partial charge in [-0.2, -0.15) is 23.5 Å². The van der Waals surface area contributed by atoms with E-state index >= 15 is 0 Å². The fourth-order valence-corrected chi connectivity index (χ4v) is 6.43. The van der Waals surface area contributed by atoms with Gasteiger partial charge in [0, 0.05) is 17.1 Å². The Labute approximate surface area is 294 Å². The van der Waals surface area contributed by atoms with E-state index in [-0.39, 0.29) is 33.5 Å². The molecule has 0 fully saturated rings. The van der Waals surface area contributed by atoms with E-state index in [4.69, 9.17) is 18.6 Å². The number of ether oxygens (including phenoxy) is 3. The number of rotatable bonds is 13. The SMILES string of the molecule is CCc1cc2c(=O)c(-c3nc(C)cs3)c([C@@H](CCSC)NC(=O)OC(C)(C)C)oc2cc1OC(=O)[C@@H](CCSC)NC(=O)OC(C)(C)C. The summed E-state index contributed by atoms with van der Waals surface area (Å²) >= 11 is 4.43. The first-order chi connectivity index (χ1) is 22.5. The van der Waals surface area contributed by atoms with E-state index in [0.717, 1.165) is 5.69 Å². The van der Waals surface area contributed by atoms with Crippen molar-refractivity contribution in [1.82, 2.24) is 15.6 Å². The molecular weight excluding hydrogens is 675 g/mol. The summed E-state index contributed by atoms with van der Waals surface area (Å²) in [5, 5.41) is 8.14. The molecule has 1 aromatic carbocycles. The number of hydrogen-bond acceptors (Lipinski definition) is 12. The van der Waals surface area contributed by atoms with E-state index in [2.05, 4.69) is 15.6 Å². The summed E-state index contributed by atoms with van der Waals surface area (Å²) in [7, 11) is 0. The fraction of sp³-hybridized carbons (Fsp3) is 0.559. The summed E-state index contributed by atoms with van der Waals surface area (Å²) in [6.45, 7) is 14.2. The molecule has 2 amide bonds. The predicted molar refractivity (Wildman–Crippen MR) is 195 cm³/mol. The van der Waals surface area contributed by atoms with Crippen molar-refractivity contribution in [3.63, 3.8) is 0 Å². The molecule has 0 saturated carbocycles. The second kappa shape index (κ2) is 16.9. The van der Waals surface area contributed by atoms with Crippen molar-refractivity contribution in [1.29, 1.82) is 0 Å². The molecule has 14 heteroatoms. The first-order valence-electron chi connectivity index (χ1n) is 15.7. The van der Waals surface area contributed by atoms with Gasteiger partial charge >= 0.3 is 18.2 Å². The summed E-state index contributed by atoms with van der Waals surface area (Å²) in [5.74, 6) is 0.993. The van der Waals surface area contributed by atoms with Crippen molar-refractivity contribution in [3.05, 3.63) is 44.8 Å². The largest absolute Gasteiger partial charge is 0.458 e. The molecule has 2 N–H and O–H groups in total. The van der Waals surface area contributed by atoms with Crippen molar-refractivity contribution in [2.45, 2.75) is 97.9 Å². The Morgan fingerprint density at radius 3 is 2.10 bits per heavy atom. The van der Waals surface area contributed by atoms with Crippen LogP contribution in [-0.4, -0.2) is 64.4 Å². The number of thioether (sulfide) groups is 2. The van der Waals surface area contributed by atoms with Crippen LogP contribution < -0.4 is 20.8 Å². The molecule has 3 aromatic rings. The van der Waals surface area contributed by atoms with Crippen LogP contribution in [0.15, 0.2) is 26.7 Å². The van der Waals surface area contributed by atoms with Crippen molar-refractivity contribution in [3.8, 4) is 16.3 Å². The highest BCUT2D eigenvalue weighted by molar-refractivity contribution is 7.98. The van der Waals surface area contributed by atoms with Gasteiger partial charge in [0.1, 0.15) is 39.3 Å². The summed E-state index contributed by atoms with van der Waals surface area (Å²) in [5.41, 5.74) is -0.0328. The van der Waals surface area contributed by atoms with E-state index < -0.39 is 41.4 Å². The Kier molecular flexibility index (Phi) is 13.8. The molecule has 264 valence electrons. The first kappa shape index (κ1) is 39.2. The minimum absolute atomic E-state index is 0.174. The van der Waals surface area contributed by atoms with E-state index in [1.807, 2.05) is 31.7 Å². The molecule has 0 unspecified atom stereocenters. The van der Waals surface area contributed by atoms with E-state index in [9.17, 15) is 19.2 Å². The van der Waals surface area contributed by atoms with Crippen LogP contribution in [0, 0.1) is 6.92 Å². The highest BCUT2D eigenvalue weighted by Crippen LogP contribution is 2.35. The molecule has 48 heavy (non-hydrogen) atoms. The maximum atomic E-state index is 14.3. The molecule has 2 heterocycles. The normalized spacial score (nSPS) is 13.1. The van der Waals surface area contributed by atoms with Gasteiger partial charge in [-0.15, -0.1) is 11.3 Å². The van der Waals surface area contributed by atoms with Gasteiger partial charge in [0.15, 0.2) is 0 Å². The number of thiazole rings is 1. The highest BCUT2D eigenvalue weighted by Gasteiger charge is 2.30. The number of nitrogens with one attached hydrogen (secondary N) is 2. The van der Waals surface area contributed by atoms with Gasteiger partial charge in [-0.05, 0) is 103 Å². The molecule has 0 aliphatic carbocycles. The summed E-state index contributed by atoms with van der Waals surface area (Å²) < 4.78 is 23.3. The Morgan fingerprint density at radius 1 is 0.958 bits per heavy atom. The third kappa shape index (κ3) is 11.2. The second-order valence-corrected chi connectivity index (χ2v) is 16.0. The van der Waals surface area contributed by atoms with Crippen LogP contribution in [0.2, 0.25) is 0 Å². The van der Waals surface area contributed by atoms with Crippen molar-refractivity contribution >= 4 is 64.0 Å². The van der Waals surface area contributed by atoms with E-state index in [0.29, 0.717) is 41.3 Å². The van der Waals surface area contributed by atoms with E-state index in [1.54, 1.807) is 59.4 Å². The van der Waals surface area contributed by atoms with Crippen LogP contribution in [0.1, 0.15) is 84.4 Å². The van der Waals surface area contributed by atoms with Gasteiger partial charge < -0.3 is 29.3 Å². The summed E-state index contributed by atoms with van der Waals surface area (Å²) in [6.07, 6.45) is 3.67. The molecule has 0 bridgehead atoms. The number of carbonyl (C=O) groups excluding carboxylic acids is 3. The number of carbonyl (C=O) groups is 3. The van der Waals surface area contributed by atoms with Crippen molar-refractivity contribution in [2.24, 2.45) is 0 Å². The average molecular weight is 722 g/mol. The van der Waals surface area contributed by atoms with Crippen LogP contribution in [-0.2, 0) is 20.7 Å². The Bertz CT molecular complexity index is 1660. The molecule has 0 spiro atoms. The lowest BCUT2D eigenvalue weighted by Gasteiger charge is -2.24. The number of amides is 2. The first-order valence-corrected chi connectivity index (χ1v) is 19.4. The third-order valence-electron chi connectivity index (χ3n) is 6.73. The molecular formula is C34H47N3O8S3. The fourth-order valence-electron chi connectivity index (χ4n) is 4.64. The number of alkyl carbamates (subject to hydrolysis) is 2. The van der Waals surface area contributed by atoms with Gasteiger partial charge in [-0.25, -0.2) is 19.4 Å². The van der Waals surface area contributed by atoms with Crippen LogP contribution in [0.25, 0.3) is 21.5 Å². The van der Waals surface area contributed by atoms with Crippen LogP contribution in [0.5, 0.6) is 5.75 Å². The lowest BCUT2D eigenvalue weighted by molar-refractivity contribution is -0.136. The molecule has 2 aromatic heterocycles. The molecule has 0 aliphatic rings. The molecule has 11 nitrogen and oxygen atoms in total. The lowest BCUT2D eigenvalue weighted by atomic mass is 10.0. The number of esters is 1. The zero-order valence-corrected chi connectivity index (χ0v) is 31.8. The Morgan fingerprint density at radius 2 is 1.56 bits per heavy atom. The van der Waals surface area contributed by atoms with Crippen LogP contribution >= 0.6 is 34.9 Å². The van der Waals surface area contributed by atoms with E-state index in [1.165, 1.54) is 29.2 Å². The number of aromatic nitrogens is 1. The lowest BCUT2D eigenvalue weighted by Crippen LogP contribution is -2.45. The van der Waals surface area contributed by atoms with Crippen molar-refractivity contribution < 1.29 is 33.0 Å².